The maximum atomic E-state index is 15.6. The van der Waals surface area contributed by atoms with E-state index in [1.165, 1.54) is 16.8 Å². The summed E-state index contributed by atoms with van der Waals surface area (Å²) in [6.45, 7) is 1.39. The van der Waals surface area contributed by atoms with E-state index in [9.17, 15) is 9.90 Å². The Morgan fingerprint density at radius 1 is 1.24 bits per heavy atom. The van der Waals surface area contributed by atoms with E-state index in [2.05, 4.69) is 25.6 Å². The second-order valence-corrected chi connectivity index (χ2v) is 10.1. The fraction of sp³-hybridized carbons (Fsp3) is 0.222. The number of halogens is 1. The molecule has 0 spiro atoms. The van der Waals surface area contributed by atoms with Crippen LogP contribution in [0.2, 0.25) is 0 Å². The van der Waals surface area contributed by atoms with E-state index < -0.39 is 11.7 Å². The van der Waals surface area contributed by atoms with Gasteiger partial charge in [0, 0.05) is 40.0 Å². The minimum atomic E-state index is -0.662. The van der Waals surface area contributed by atoms with Crippen molar-refractivity contribution in [2.24, 2.45) is 0 Å². The van der Waals surface area contributed by atoms with Gasteiger partial charge in [-0.2, -0.15) is 4.68 Å². The van der Waals surface area contributed by atoms with Gasteiger partial charge < -0.3 is 10.4 Å². The molecule has 1 amide bonds. The van der Waals surface area contributed by atoms with Gasteiger partial charge in [0.15, 0.2) is 5.65 Å². The molecule has 4 aromatic heterocycles. The molecule has 11 heteroatoms. The monoisotopic (exact) mass is 529 g/mol. The number of aliphatic hydroxyl groups is 1. The van der Waals surface area contributed by atoms with Crippen LogP contribution in [0.5, 0.6) is 0 Å². The van der Waals surface area contributed by atoms with Gasteiger partial charge in [0.25, 0.3) is 5.91 Å². The molecule has 0 saturated carbocycles. The molecule has 1 aromatic carbocycles. The number of carbonyl (C=O) groups is 1. The normalized spacial score (nSPS) is 16.0. The van der Waals surface area contributed by atoms with Gasteiger partial charge in [-0.3, -0.25) is 9.69 Å². The topological polar surface area (TPSA) is 109 Å². The standard InChI is InChI=1S/C27H24FN7O2S/c28-22-14-17(35-26-23(32-33-35)6-2-11-30-26)7-8-20(22)27(37)34(18-4-1-10-29-16-18)25-21-15-19(5-3-13-36)38-24(21)9-12-31-25/h2-3,5-9,11-12,14-15,18,29,36H,1,4,10,13,16H2/b5-3+/t18-/m1/s1. The van der Waals surface area contributed by atoms with Crippen molar-refractivity contribution in [1.29, 1.82) is 0 Å². The summed E-state index contributed by atoms with van der Waals surface area (Å²) in [6.07, 6.45) is 8.46. The SMILES string of the molecule is O=C(c1ccc(-n2nnc3cccnc32)cc1F)N(c1nccc2sc(/C=C/CO)cc12)[C@@H]1CCCNC1. The maximum absolute atomic E-state index is 15.6. The number of hydrogen-bond acceptors (Lipinski definition) is 8. The zero-order valence-corrected chi connectivity index (χ0v) is 21.1. The molecule has 2 N–H and O–H groups in total. The predicted molar refractivity (Wildman–Crippen MR) is 145 cm³/mol. The van der Waals surface area contributed by atoms with Gasteiger partial charge in [0.05, 0.1) is 23.9 Å². The molecule has 9 nitrogen and oxygen atoms in total. The molecule has 0 radical (unpaired) electrons. The Morgan fingerprint density at radius 3 is 2.97 bits per heavy atom. The van der Waals surface area contributed by atoms with E-state index in [-0.39, 0.29) is 18.2 Å². The second kappa shape index (κ2) is 10.4. The number of carbonyl (C=O) groups excluding carboxylic acids is 1. The molecule has 5 aromatic rings. The summed E-state index contributed by atoms with van der Waals surface area (Å²) >= 11 is 1.54. The zero-order chi connectivity index (χ0) is 26.1. The molecule has 1 atom stereocenters. The number of thiophene rings is 1. The van der Waals surface area contributed by atoms with Crippen molar-refractivity contribution in [3.05, 3.63) is 77.2 Å². The van der Waals surface area contributed by atoms with Crippen LogP contribution < -0.4 is 10.2 Å². The van der Waals surface area contributed by atoms with Gasteiger partial charge in [-0.25, -0.2) is 14.4 Å². The lowest BCUT2D eigenvalue weighted by Gasteiger charge is -2.34. The van der Waals surface area contributed by atoms with Crippen LogP contribution in [0.3, 0.4) is 0 Å². The van der Waals surface area contributed by atoms with Crippen LogP contribution in [0.4, 0.5) is 10.2 Å². The van der Waals surface area contributed by atoms with Crippen LogP contribution in [-0.2, 0) is 0 Å². The summed E-state index contributed by atoms with van der Waals surface area (Å²) in [5.41, 5.74) is 1.46. The largest absolute Gasteiger partial charge is 0.392 e. The molecule has 6 rings (SSSR count). The lowest BCUT2D eigenvalue weighted by molar-refractivity contribution is 0.0968. The first kappa shape index (κ1) is 24.3. The predicted octanol–water partition coefficient (Wildman–Crippen LogP) is 3.97. The molecule has 5 heterocycles. The van der Waals surface area contributed by atoms with Crippen LogP contribution in [0.1, 0.15) is 28.1 Å². The van der Waals surface area contributed by atoms with E-state index in [4.69, 9.17) is 0 Å². The van der Waals surface area contributed by atoms with Crippen molar-refractivity contribution in [2.45, 2.75) is 18.9 Å². The number of benzene rings is 1. The Kier molecular flexibility index (Phi) is 6.62. The lowest BCUT2D eigenvalue weighted by Crippen LogP contribution is -2.49. The van der Waals surface area contributed by atoms with Crippen molar-refractivity contribution in [3.8, 4) is 5.69 Å². The minimum absolute atomic E-state index is 0.0499. The van der Waals surface area contributed by atoms with Crippen molar-refractivity contribution >= 4 is 50.4 Å². The van der Waals surface area contributed by atoms with Crippen LogP contribution in [0, 0.1) is 5.82 Å². The number of piperidine rings is 1. The van der Waals surface area contributed by atoms with Gasteiger partial charge in [-0.05, 0) is 61.9 Å². The zero-order valence-electron chi connectivity index (χ0n) is 20.3. The Labute approximate surface area is 221 Å². The number of hydrogen-bond donors (Lipinski definition) is 2. The maximum Gasteiger partial charge on any atom is 0.262 e. The lowest BCUT2D eigenvalue weighted by atomic mass is 10.0. The molecule has 1 fully saturated rings. The van der Waals surface area contributed by atoms with E-state index in [0.29, 0.717) is 29.2 Å². The third kappa shape index (κ3) is 4.44. The van der Waals surface area contributed by atoms with E-state index in [1.807, 2.05) is 18.2 Å². The van der Waals surface area contributed by atoms with Gasteiger partial charge in [-0.15, -0.1) is 16.4 Å². The Morgan fingerprint density at radius 2 is 2.16 bits per heavy atom. The van der Waals surface area contributed by atoms with E-state index >= 15 is 4.39 Å². The molecule has 0 unspecified atom stereocenters. The molecule has 0 bridgehead atoms. The third-order valence-corrected chi connectivity index (χ3v) is 7.62. The number of aliphatic hydroxyl groups excluding tert-OH is 1. The van der Waals surface area contributed by atoms with Gasteiger partial charge in [-0.1, -0.05) is 11.3 Å². The first-order valence-electron chi connectivity index (χ1n) is 12.3. The summed E-state index contributed by atoms with van der Waals surface area (Å²) in [5.74, 6) is -0.621. The molecule has 38 heavy (non-hydrogen) atoms. The smallest absolute Gasteiger partial charge is 0.262 e. The Bertz CT molecular complexity index is 1660. The third-order valence-electron chi connectivity index (χ3n) is 6.55. The number of nitrogens with one attached hydrogen (secondary N) is 1. The summed E-state index contributed by atoms with van der Waals surface area (Å²) in [4.78, 5) is 25.5. The highest BCUT2D eigenvalue weighted by molar-refractivity contribution is 7.19. The van der Waals surface area contributed by atoms with Crippen LogP contribution in [-0.4, -0.2) is 61.7 Å². The number of rotatable bonds is 6. The van der Waals surface area contributed by atoms with Crippen LogP contribution >= 0.6 is 11.3 Å². The molecular weight excluding hydrogens is 505 g/mol. The van der Waals surface area contributed by atoms with Gasteiger partial charge in [0.2, 0.25) is 0 Å². The summed E-state index contributed by atoms with van der Waals surface area (Å²) in [6, 6.07) is 11.6. The fourth-order valence-electron chi connectivity index (χ4n) is 4.78. The highest BCUT2D eigenvalue weighted by Crippen LogP contribution is 2.35. The Hall–Kier alpha value is -4.06. The van der Waals surface area contributed by atoms with Crippen molar-refractivity contribution in [2.75, 3.05) is 24.6 Å². The molecule has 192 valence electrons. The number of pyridine rings is 2. The number of aromatic nitrogens is 5. The summed E-state index contributed by atoms with van der Waals surface area (Å²) in [7, 11) is 0. The molecule has 1 aliphatic heterocycles. The summed E-state index contributed by atoms with van der Waals surface area (Å²) < 4.78 is 18.0. The quantitative estimate of drug-likeness (QED) is 0.343. The van der Waals surface area contributed by atoms with Gasteiger partial charge in [0.1, 0.15) is 17.2 Å². The molecule has 1 saturated heterocycles. The highest BCUT2D eigenvalue weighted by Gasteiger charge is 2.32. The van der Waals surface area contributed by atoms with Crippen molar-refractivity contribution < 1.29 is 14.3 Å². The van der Waals surface area contributed by atoms with Crippen LogP contribution in [0.15, 0.2) is 60.9 Å². The van der Waals surface area contributed by atoms with E-state index in [1.54, 1.807) is 52.9 Å². The average Bonchev–Trinajstić information content (AvgIpc) is 3.57. The fourth-order valence-corrected chi connectivity index (χ4v) is 5.76. The van der Waals surface area contributed by atoms with E-state index in [0.717, 1.165) is 34.3 Å². The number of anilines is 1. The number of amides is 1. The van der Waals surface area contributed by atoms with Crippen molar-refractivity contribution in [1.82, 2.24) is 30.3 Å². The number of fused-ring (bicyclic) bond motifs is 2. The first-order valence-corrected chi connectivity index (χ1v) is 13.1. The number of nitrogens with zero attached hydrogens (tertiary/aromatic N) is 6. The molecule has 0 aliphatic carbocycles. The minimum Gasteiger partial charge on any atom is -0.392 e. The van der Waals surface area contributed by atoms with Gasteiger partial charge >= 0.3 is 0 Å². The second-order valence-electron chi connectivity index (χ2n) is 8.97. The Balaban J connectivity index is 1.41. The molecule has 1 aliphatic rings. The first-order chi connectivity index (χ1) is 18.6. The highest BCUT2D eigenvalue weighted by atomic mass is 32.1. The molecular formula is C27H24FN7O2S. The average molecular weight is 530 g/mol. The summed E-state index contributed by atoms with van der Waals surface area (Å²) in [5, 5.41) is 21.5. The van der Waals surface area contributed by atoms with Crippen molar-refractivity contribution in [3.63, 3.8) is 0 Å². The van der Waals surface area contributed by atoms with Crippen LogP contribution in [0.25, 0.3) is 33.0 Å².